The van der Waals surface area contributed by atoms with Gasteiger partial charge < -0.3 is 5.11 Å². The molecule has 1 N–H and O–H groups in total. The summed E-state index contributed by atoms with van der Waals surface area (Å²) in [5.74, 6) is 0. The van der Waals surface area contributed by atoms with Gasteiger partial charge in [0.25, 0.3) is 0 Å². The second kappa shape index (κ2) is 6.08. The van der Waals surface area contributed by atoms with Crippen LogP contribution in [0.3, 0.4) is 0 Å². The molecular weight excluding hydrogens is 361 g/mol. The number of hydrogen-bond acceptors (Lipinski definition) is 1. The molecule has 0 saturated heterocycles. The van der Waals surface area contributed by atoms with E-state index < -0.39 is 14.2 Å². The van der Waals surface area contributed by atoms with Gasteiger partial charge in [0.05, 0.1) is 0 Å². The average molecular weight is 373 g/mol. The quantitative estimate of drug-likeness (QED) is 0.678. The van der Waals surface area contributed by atoms with Crippen molar-refractivity contribution in [3.05, 3.63) is 59.2 Å². The predicted octanol–water partition coefficient (Wildman–Crippen LogP) is 5.52. The molecule has 0 heterocycles. The third kappa shape index (κ3) is 3.85. The molecule has 1 aliphatic rings. The van der Waals surface area contributed by atoms with Gasteiger partial charge >= 0.3 is 0 Å². The Morgan fingerprint density at radius 1 is 1.10 bits per heavy atom. The van der Waals surface area contributed by atoms with Gasteiger partial charge in [-0.15, -0.1) is 0 Å². The van der Waals surface area contributed by atoms with Crippen LogP contribution in [0.2, 0.25) is 0 Å². The maximum absolute atomic E-state index is 10.5. The van der Waals surface area contributed by atoms with E-state index in [1.807, 2.05) is 18.2 Å². The van der Waals surface area contributed by atoms with Gasteiger partial charge in [0.1, 0.15) is 10.4 Å². The van der Waals surface area contributed by atoms with Crippen molar-refractivity contribution in [2.24, 2.45) is 0 Å². The molecule has 6 heteroatoms. The van der Waals surface area contributed by atoms with Crippen molar-refractivity contribution in [1.82, 2.24) is 0 Å². The van der Waals surface area contributed by atoms with E-state index in [2.05, 4.69) is 0 Å². The molecule has 2 rings (SSSR count). The van der Waals surface area contributed by atoms with Crippen molar-refractivity contribution in [1.29, 1.82) is 0 Å². The highest BCUT2D eigenvalue weighted by Crippen LogP contribution is 2.48. The summed E-state index contributed by atoms with van der Waals surface area (Å²) < 4.78 is -2.82. The fourth-order valence-electron chi connectivity index (χ4n) is 2.04. The van der Waals surface area contributed by atoms with Crippen molar-refractivity contribution in [2.75, 3.05) is 0 Å². The Balaban J connectivity index is 2.46. The zero-order valence-electron chi connectivity index (χ0n) is 10.2. The van der Waals surface area contributed by atoms with Crippen molar-refractivity contribution >= 4 is 58.0 Å². The second-order valence-electron chi connectivity index (χ2n) is 4.52. The number of alkyl halides is 5. The van der Waals surface area contributed by atoms with E-state index in [1.54, 1.807) is 24.3 Å². The van der Waals surface area contributed by atoms with Crippen LogP contribution in [-0.2, 0) is 0 Å². The first-order chi connectivity index (χ1) is 9.21. The predicted molar refractivity (Wildman–Crippen MR) is 86.9 cm³/mol. The summed E-state index contributed by atoms with van der Waals surface area (Å²) in [7, 11) is 0. The smallest absolute Gasteiger partial charge is 0.212 e. The Morgan fingerprint density at radius 3 is 2.25 bits per heavy atom. The highest BCUT2D eigenvalue weighted by atomic mass is 35.6. The molecule has 1 unspecified atom stereocenters. The summed E-state index contributed by atoms with van der Waals surface area (Å²) in [5, 5.41) is 10.5. The molecule has 0 amide bonds. The summed E-state index contributed by atoms with van der Waals surface area (Å²) in [6, 6.07) is 9.11. The van der Waals surface area contributed by atoms with Crippen LogP contribution in [0.25, 0.3) is 0 Å². The van der Waals surface area contributed by atoms with E-state index in [-0.39, 0.29) is 6.42 Å². The van der Waals surface area contributed by atoms with Crippen molar-refractivity contribution in [3.63, 3.8) is 0 Å². The lowest BCUT2D eigenvalue weighted by atomic mass is 9.91. The van der Waals surface area contributed by atoms with Gasteiger partial charge in [0.15, 0.2) is 0 Å². The lowest BCUT2D eigenvalue weighted by Gasteiger charge is -2.30. The average Bonchev–Trinajstić information content (AvgIpc) is 2.37. The second-order valence-corrected chi connectivity index (χ2v) is 8.34. The Labute approximate surface area is 142 Å². The third-order valence-electron chi connectivity index (χ3n) is 3.02. The molecule has 0 aromatic heterocycles. The Bertz CT molecular complexity index is 542. The van der Waals surface area contributed by atoms with Crippen molar-refractivity contribution < 1.29 is 5.11 Å². The fourth-order valence-corrected chi connectivity index (χ4v) is 2.96. The standard InChI is InChI=1S/C14H11Cl5O/c15-13(16)7-6-10(11(8-13)14(17,18)19)12(20)9-4-2-1-3-5-9/h1-7,12,20H,8H2. The minimum atomic E-state index is -1.68. The highest BCUT2D eigenvalue weighted by Gasteiger charge is 2.38. The number of aliphatic hydroxyl groups excluding tert-OH is 1. The molecule has 0 saturated carbocycles. The van der Waals surface area contributed by atoms with Crippen LogP contribution in [0, 0.1) is 0 Å². The first kappa shape index (κ1) is 16.5. The maximum Gasteiger partial charge on any atom is 0.212 e. The van der Waals surface area contributed by atoms with Gasteiger partial charge in [-0.05, 0) is 22.8 Å². The number of hydrogen-bond donors (Lipinski definition) is 1. The number of rotatable bonds is 2. The fraction of sp³-hybridized carbons (Fsp3) is 0.286. The van der Waals surface area contributed by atoms with E-state index in [1.165, 1.54) is 0 Å². The Hall–Kier alpha value is 0.110. The normalized spacial score (nSPS) is 20.1. The van der Waals surface area contributed by atoms with Crippen LogP contribution in [0.1, 0.15) is 18.1 Å². The minimum Gasteiger partial charge on any atom is -0.384 e. The van der Waals surface area contributed by atoms with Crippen LogP contribution in [0.5, 0.6) is 0 Å². The van der Waals surface area contributed by atoms with Crippen LogP contribution >= 0.6 is 58.0 Å². The van der Waals surface area contributed by atoms with Crippen molar-refractivity contribution in [2.45, 2.75) is 20.7 Å². The van der Waals surface area contributed by atoms with E-state index in [0.717, 1.165) is 0 Å². The van der Waals surface area contributed by atoms with E-state index in [4.69, 9.17) is 58.0 Å². The largest absolute Gasteiger partial charge is 0.384 e. The molecular formula is C14H11Cl5O. The van der Waals surface area contributed by atoms with Gasteiger partial charge in [-0.3, -0.25) is 0 Å². The molecule has 1 nitrogen and oxygen atoms in total. The van der Waals surface area contributed by atoms with Crippen LogP contribution in [0.15, 0.2) is 53.6 Å². The van der Waals surface area contributed by atoms with Gasteiger partial charge in [-0.1, -0.05) is 94.4 Å². The molecule has 0 fully saturated rings. The summed E-state index contributed by atoms with van der Waals surface area (Å²) in [4.78, 5) is 0. The molecule has 1 aromatic carbocycles. The lowest BCUT2D eigenvalue weighted by molar-refractivity contribution is 0.217. The molecule has 0 aliphatic heterocycles. The SMILES string of the molecule is OC(C1=C(C(Cl)(Cl)Cl)CC(Cl)(Cl)C=C1)c1ccccc1. The maximum atomic E-state index is 10.5. The molecule has 1 atom stereocenters. The Morgan fingerprint density at radius 2 is 1.70 bits per heavy atom. The minimum absolute atomic E-state index is 0.141. The summed E-state index contributed by atoms with van der Waals surface area (Å²) >= 11 is 30.1. The number of halogens is 5. The van der Waals surface area contributed by atoms with E-state index in [9.17, 15) is 5.11 Å². The zero-order chi connectivity index (χ0) is 15.0. The molecule has 0 spiro atoms. The molecule has 0 bridgehead atoms. The summed E-state index contributed by atoms with van der Waals surface area (Å²) in [5.41, 5.74) is 1.61. The van der Waals surface area contributed by atoms with E-state index >= 15 is 0 Å². The van der Waals surface area contributed by atoms with E-state index in [0.29, 0.717) is 16.7 Å². The lowest BCUT2D eigenvalue weighted by Crippen LogP contribution is -2.24. The highest BCUT2D eigenvalue weighted by molar-refractivity contribution is 6.69. The van der Waals surface area contributed by atoms with Gasteiger partial charge in [-0.2, -0.15) is 0 Å². The third-order valence-corrected chi connectivity index (χ3v) is 4.22. The Kier molecular flexibility index (Phi) is 5.01. The monoisotopic (exact) mass is 370 g/mol. The van der Waals surface area contributed by atoms with Gasteiger partial charge in [-0.25, -0.2) is 0 Å². The molecule has 20 heavy (non-hydrogen) atoms. The van der Waals surface area contributed by atoms with Crippen LogP contribution in [0.4, 0.5) is 0 Å². The first-order valence-corrected chi connectivity index (χ1v) is 7.70. The number of allylic oxidation sites excluding steroid dienone is 2. The summed E-state index contributed by atoms with van der Waals surface area (Å²) in [6.07, 6.45) is 2.43. The van der Waals surface area contributed by atoms with Crippen LogP contribution < -0.4 is 0 Å². The van der Waals surface area contributed by atoms with Gasteiger partial charge in [0, 0.05) is 6.42 Å². The molecule has 0 radical (unpaired) electrons. The summed E-state index contributed by atoms with van der Waals surface area (Å²) in [6.45, 7) is 0. The molecule has 1 aromatic rings. The van der Waals surface area contributed by atoms with Crippen LogP contribution in [-0.4, -0.2) is 13.2 Å². The molecule has 1 aliphatic carbocycles. The first-order valence-electron chi connectivity index (χ1n) is 5.81. The topological polar surface area (TPSA) is 20.2 Å². The van der Waals surface area contributed by atoms with Crippen molar-refractivity contribution in [3.8, 4) is 0 Å². The molecule has 108 valence electrons. The number of benzene rings is 1. The zero-order valence-corrected chi connectivity index (χ0v) is 13.9. The van der Waals surface area contributed by atoms with Gasteiger partial charge in [0.2, 0.25) is 3.79 Å². The number of aliphatic hydroxyl groups is 1.